The molecule has 27 heavy (non-hydrogen) atoms. The molecule has 1 saturated heterocycles. The molecule has 0 unspecified atom stereocenters. The van der Waals surface area contributed by atoms with Crippen molar-refractivity contribution in [1.82, 2.24) is 19.6 Å². The molecule has 0 radical (unpaired) electrons. The molecule has 6 nitrogen and oxygen atoms in total. The van der Waals surface area contributed by atoms with Crippen LogP contribution in [0.5, 0.6) is 0 Å². The number of carbonyl (C=O) groups is 2. The van der Waals surface area contributed by atoms with E-state index in [-0.39, 0.29) is 17.7 Å². The maximum Gasteiger partial charge on any atom is 0.271 e. The third-order valence-corrected chi connectivity index (χ3v) is 5.94. The van der Waals surface area contributed by atoms with E-state index in [1.807, 2.05) is 47.2 Å². The van der Waals surface area contributed by atoms with Crippen molar-refractivity contribution in [2.75, 3.05) is 19.6 Å². The van der Waals surface area contributed by atoms with Crippen LogP contribution in [-0.4, -0.2) is 45.7 Å². The third-order valence-electron chi connectivity index (χ3n) is 4.78. The van der Waals surface area contributed by atoms with Crippen molar-refractivity contribution in [2.24, 2.45) is 5.92 Å². The first kappa shape index (κ1) is 18.0. The Kier molecular flexibility index (Phi) is 4.88. The molecule has 2 aromatic heterocycles. The van der Waals surface area contributed by atoms with Gasteiger partial charge < -0.3 is 10.2 Å². The second kappa shape index (κ2) is 7.32. The molecule has 140 valence electrons. The fourth-order valence-corrected chi connectivity index (χ4v) is 4.46. The van der Waals surface area contributed by atoms with Gasteiger partial charge in [-0.1, -0.05) is 29.8 Å². The zero-order chi connectivity index (χ0) is 19.0. The summed E-state index contributed by atoms with van der Waals surface area (Å²) in [6.45, 7) is 3.54. The van der Waals surface area contributed by atoms with Gasteiger partial charge in [-0.25, -0.2) is 4.98 Å². The van der Waals surface area contributed by atoms with Gasteiger partial charge in [-0.2, -0.15) is 0 Å². The minimum absolute atomic E-state index is 0.0203. The van der Waals surface area contributed by atoms with Crippen molar-refractivity contribution in [3.63, 3.8) is 0 Å². The topological polar surface area (TPSA) is 66.7 Å². The molecule has 1 aliphatic rings. The van der Waals surface area contributed by atoms with Gasteiger partial charge in [-0.05, 0) is 19.4 Å². The summed E-state index contributed by atoms with van der Waals surface area (Å²) in [5.41, 5.74) is 2.14. The average molecular weight is 403 g/mol. The number of carbonyl (C=O) groups excluding carboxylic acids is 2. The van der Waals surface area contributed by atoms with Crippen LogP contribution in [0.1, 0.15) is 23.8 Å². The van der Waals surface area contributed by atoms with E-state index in [1.54, 1.807) is 4.90 Å². The molecule has 4 rings (SSSR count). The number of nitrogens with zero attached hydrogens (tertiary/aromatic N) is 3. The Morgan fingerprint density at radius 2 is 2.19 bits per heavy atom. The first-order valence-electron chi connectivity index (χ1n) is 8.87. The molecule has 3 aromatic rings. The fourth-order valence-electron chi connectivity index (χ4n) is 3.38. The Balaban J connectivity index is 1.58. The van der Waals surface area contributed by atoms with Gasteiger partial charge in [0.2, 0.25) is 5.91 Å². The number of amides is 2. The Morgan fingerprint density at radius 1 is 1.37 bits per heavy atom. The highest BCUT2D eigenvalue weighted by Crippen LogP contribution is 2.29. The monoisotopic (exact) mass is 402 g/mol. The van der Waals surface area contributed by atoms with Crippen molar-refractivity contribution in [3.05, 3.63) is 46.6 Å². The minimum atomic E-state index is -0.135. The molecule has 0 bridgehead atoms. The maximum absolute atomic E-state index is 13.0. The first-order chi connectivity index (χ1) is 13.1. The molecule has 0 spiro atoms. The van der Waals surface area contributed by atoms with Gasteiger partial charge in [0.05, 0.1) is 16.6 Å². The highest BCUT2D eigenvalue weighted by Gasteiger charge is 2.32. The number of nitrogens with one attached hydrogen (secondary N) is 1. The van der Waals surface area contributed by atoms with Gasteiger partial charge in [-0.3, -0.25) is 14.0 Å². The van der Waals surface area contributed by atoms with Crippen molar-refractivity contribution in [2.45, 2.75) is 13.3 Å². The Hall–Kier alpha value is -2.38. The van der Waals surface area contributed by atoms with E-state index in [0.29, 0.717) is 36.8 Å². The van der Waals surface area contributed by atoms with E-state index in [2.05, 4.69) is 10.3 Å². The third kappa shape index (κ3) is 3.33. The summed E-state index contributed by atoms with van der Waals surface area (Å²) in [4.78, 5) is 32.1. The number of fused-ring (bicyclic) bond motifs is 1. The number of imidazole rings is 1. The number of halogens is 1. The molecule has 0 aliphatic carbocycles. The summed E-state index contributed by atoms with van der Waals surface area (Å²) in [6, 6.07) is 7.51. The summed E-state index contributed by atoms with van der Waals surface area (Å²) in [5, 5.41) is 5.28. The maximum atomic E-state index is 13.0. The zero-order valence-electron chi connectivity index (χ0n) is 14.8. The van der Waals surface area contributed by atoms with Crippen LogP contribution in [0, 0.1) is 5.92 Å². The quantitative estimate of drug-likeness (QED) is 0.728. The average Bonchev–Trinajstić information content (AvgIpc) is 3.37. The summed E-state index contributed by atoms with van der Waals surface area (Å²) >= 11 is 7.69. The number of aromatic nitrogens is 2. The number of hydrogen-bond acceptors (Lipinski definition) is 4. The molecule has 1 fully saturated rings. The van der Waals surface area contributed by atoms with E-state index in [9.17, 15) is 9.59 Å². The van der Waals surface area contributed by atoms with Crippen LogP contribution in [0.25, 0.3) is 16.2 Å². The summed E-state index contributed by atoms with van der Waals surface area (Å²) in [7, 11) is 0. The van der Waals surface area contributed by atoms with E-state index >= 15 is 0 Å². The molecule has 1 aromatic carbocycles. The van der Waals surface area contributed by atoms with Gasteiger partial charge in [0.1, 0.15) is 5.69 Å². The number of likely N-dealkylation sites (tertiary alicyclic amines) is 1. The Labute approximate surface area is 165 Å². The van der Waals surface area contributed by atoms with Crippen LogP contribution in [0.2, 0.25) is 5.02 Å². The molecule has 1 aliphatic heterocycles. The van der Waals surface area contributed by atoms with Gasteiger partial charge >= 0.3 is 0 Å². The molecule has 1 N–H and O–H groups in total. The smallest absolute Gasteiger partial charge is 0.271 e. The first-order valence-corrected chi connectivity index (χ1v) is 10.1. The highest BCUT2D eigenvalue weighted by atomic mass is 35.5. The van der Waals surface area contributed by atoms with Gasteiger partial charge in [-0.15, -0.1) is 11.3 Å². The lowest BCUT2D eigenvalue weighted by Gasteiger charge is -2.15. The predicted octanol–water partition coefficient (Wildman–Crippen LogP) is 3.31. The van der Waals surface area contributed by atoms with Crippen LogP contribution in [0.15, 0.2) is 35.8 Å². The van der Waals surface area contributed by atoms with Crippen LogP contribution in [0.4, 0.5) is 0 Å². The van der Waals surface area contributed by atoms with Crippen LogP contribution < -0.4 is 5.32 Å². The fraction of sp³-hybridized carbons (Fsp3) is 0.316. The summed E-state index contributed by atoms with van der Waals surface area (Å²) in [5.74, 6) is -0.187. The molecule has 8 heteroatoms. The number of benzene rings is 1. The molecule has 3 heterocycles. The predicted molar refractivity (Wildman–Crippen MR) is 106 cm³/mol. The van der Waals surface area contributed by atoms with Crippen molar-refractivity contribution in [1.29, 1.82) is 0 Å². The lowest BCUT2D eigenvalue weighted by molar-refractivity contribution is -0.124. The molecular weight excluding hydrogens is 384 g/mol. The van der Waals surface area contributed by atoms with E-state index < -0.39 is 0 Å². The number of rotatable bonds is 4. The van der Waals surface area contributed by atoms with E-state index in [1.165, 1.54) is 11.3 Å². The SMILES string of the molecule is CCNC(=O)[C@H]1CCN(C(=O)c2csc3nc(-c4ccccc4Cl)cn23)C1. The van der Waals surface area contributed by atoms with Gasteiger partial charge in [0, 0.05) is 36.8 Å². The van der Waals surface area contributed by atoms with Crippen LogP contribution >= 0.6 is 22.9 Å². The number of thiazole rings is 1. The van der Waals surface area contributed by atoms with Crippen LogP contribution in [-0.2, 0) is 4.79 Å². The summed E-state index contributed by atoms with van der Waals surface area (Å²) in [6.07, 6.45) is 2.54. The van der Waals surface area contributed by atoms with Gasteiger partial charge in [0.25, 0.3) is 5.91 Å². The summed E-state index contributed by atoms with van der Waals surface area (Å²) < 4.78 is 1.81. The minimum Gasteiger partial charge on any atom is -0.356 e. The largest absolute Gasteiger partial charge is 0.356 e. The molecule has 1 atom stereocenters. The Bertz CT molecular complexity index is 1010. The standard InChI is InChI=1S/C19H19ClN4O2S/c1-2-21-17(25)12-7-8-23(9-12)18(26)16-11-27-19-22-15(10-24(16)19)13-5-3-4-6-14(13)20/h3-6,10-12H,2,7-9H2,1H3,(H,21,25)/t12-/m0/s1. The molecular formula is C19H19ClN4O2S. The van der Waals surface area contributed by atoms with Crippen molar-refractivity contribution >= 4 is 39.7 Å². The number of hydrogen-bond donors (Lipinski definition) is 1. The molecule has 0 saturated carbocycles. The Morgan fingerprint density at radius 3 is 2.96 bits per heavy atom. The zero-order valence-corrected chi connectivity index (χ0v) is 16.4. The van der Waals surface area contributed by atoms with Crippen molar-refractivity contribution in [3.8, 4) is 11.3 Å². The lowest BCUT2D eigenvalue weighted by atomic mass is 10.1. The van der Waals surface area contributed by atoms with E-state index in [4.69, 9.17) is 11.6 Å². The molecule has 2 amide bonds. The highest BCUT2D eigenvalue weighted by molar-refractivity contribution is 7.15. The van der Waals surface area contributed by atoms with Crippen LogP contribution in [0.3, 0.4) is 0 Å². The van der Waals surface area contributed by atoms with Crippen molar-refractivity contribution < 1.29 is 9.59 Å². The van der Waals surface area contributed by atoms with Gasteiger partial charge in [0.15, 0.2) is 4.96 Å². The second-order valence-corrected chi connectivity index (χ2v) is 7.75. The van der Waals surface area contributed by atoms with E-state index in [0.717, 1.165) is 16.2 Å². The normalized spacial score (nSPS) is 16.8. The second-order valence-electron chi connectivity index (χ2n) is 6.51. The lowest BCUT2D eigenvalue weighted by Crippen LogP contribution is -2.34.